The summed E-state index contributed by atoms with van der Waals surface area (Å²) in [5.41, 5.74) is 0. The SMILES string of the molecule is CCN(CC)C(=O)CCNS(=O)(=O)c1sccc1Br. The monoisotopic (exact) mass is 368 g/mol. The van der Waals surface area contributed by atoms with Crippen molar-refractivity contribution in [1.82, 2.24) is 9.62 Å². The third kappa shape index (κ3) is 4.55. The first-order chi connectivity index (χ1) is 8.92. The van der Waals surface area contributed by atoms with Crippen LogP contribution in [0.25, 0.3) is 0 Å². The average Bonchev–Trinajstić information content (AvgIpc) is 2.77. The van der Waals surface area contributed by atoms with Crippen LogP contribution in [0.1, 0.15) is 20.3 Å². The Morgan fingerprint density at radius 3 is 2.53 bits per heavy atom. The summed E-state index contributed by atoms with van der Waals surface area (Å²) in [4.78, 5) is 13.4. The molecule has 1 heterocycles. The molecule has 0 saturated carbocycles. The molecule has 0 spiro atoms. The highest BCUT2D eigenvalue weighted by atomic mass is 79.9. The van der Waals surface area contributed by atoms with Crippen LogP contribution >= 0.6 is 27.3 Å². The molecule has 8 heteroatoms. The summed E-state index contributed by atoms with van der Waals surface area (Å²) in [7, 11) is -3.53. The van der Waals surface area contributed by atoms with E-state index in [1.54, 1.807) is 16.3 Å². The van der Waals surface area contributed by atoms with Crippen LogP contribution in [0.15, 0.2) is 20.1 Å². The number of amides is 1. The minimum Gasteiger partial charge on any atom is -0.343 e. The fraction of sp³-hybridized carbons (Fsp3) is 0.545. The Kier molecular flexibility index (Phi) is 6.45. The number of carbonyl (C=O) groups is 1. The summed E-state index contributed by atoms with van der Waals surface area (Å²) < 4.78 is 27.1. The zero-order chi connectivity index (χ0) is 14.5. The molecule has 1 aromatic rings. The van der Waals surface area contributed by atoms with Gasteiger partial charge in [-0.2, -0.15) is 0 Å². The van der Waals surface area contributed by atoms with E-state index >= 15 is 0 Å². The van der Waals surface area contributed by atoms with E-state index in [4.69, 9.17) is 0 Å². The van der Waals surface area contributed by atoms with E-state index in [2.05, 4.69) is 20.7 Å². The average molecular weight is 369 g/mol. The summed E-state index contributed by atoms with van der Waals surface area (Å²) >= 11 is 4.32. The second-order valence-corrected chi connectivity index (χ2v) is 7.50. The normalized spacial score (nSPS) is 11.5. The van der Waals surface area contributed by atoms with Crippen molar-refractivity contribution in [3.63, 3.8) is 0 Å². The second kappa shape index (κ2) is 7.37. The molecular formula is C11H17BrN2O3S2. The van der Waals surface area contributed by atoms with Crippen LogP contribution in [0.4, 0.5) is 0 Å². The van der Waals surface area contributed by atoms with Gasteiger partial charge < -0.3 is 4.90 Å². The number of carbonyl (C=O) groups excluding carboxylic acids is 1. The van der Waals surface area contributed by atoms with Crippen LogP contribution in [0.5, 0.6) is 0 Å². The second-order valence-electron chi connectivity index (χ2n) is 3.77. The van der Waals surface area contributed by atoms with Gasteiger partial charge in [-0.3, -0.25) is 4.79 Å². The van der Waals surface area contributed by atoms with Gasteiger partial charge in [0.25, 0.3) is 10.0 Å². The Morgan fingerprint density at radius 2 is 2.05 bits per heavy atom. The molecule has 19 heavy (non-hydrogen) atoms. The van der Waals surface area contributed by atoms with Crippen LogP contribution in [0, 0.1) is 0 Å². The van der Waals surface area contributed by atoms with E-state index in [1.165, 1.54) is 0 Å². The van der Waals surface area contributed by atoms with E-state index < -0.39 is 10.0 Å². The van der Waals surface area contributed by atoms with Gasteiger partial charge >= 0.3 is 0 Å². The van der Waals surface area contributed by atoms with Gasteiger partial charge in [0.2, 0.25) is 5.91 Å². The molecule has 0 aliphatic carbocycles. The first-order valence-electron chi connectivity index (χ1n) is 5.92. The number of halogens is 1. The number of sulfonamides is 1. The van der Waals surface area contributed by atoms with Crippen molar-refractivity contribution in [1.29, 1.82) is 0 Å². The first kappa shape index (κ1) is 16.6. The molecule has 1 rings (SSSR count). The molecule has 0 unspecified atom stereocenters. The zero-order valence-corrected chi connectivity index (χ0v) is 14.1. The molecule has 1 N–H and O–H groups in total. The summed E-state index contributed by atoms with van der Waals surface area (Å²) in [6.07, 6.45) is 0.171. The first-order valence-corrected chi connectivity index (χ1v) is 9.08. The maximum absolute atomic E-state index is 11.9. The quantitative estimate of drug-likeness (QED) is 0.800. The van der Waals surface area contributed by atoms with Gasteiger partial charge in [-0.05, 0) is 41.2 Å². The summed E-state index contributed by atoms with van der Waals surface area (Å²) in [6.45, 7) is 5.18. The highest BCUT2D eigenvalue weighted by Gasteiger charge is 2.19. The van der Waals surface area contributed by atoms with Gasteiger partial charge in [0.1, 0.15) is 4.21 Å². The van der Waals surface area contributed by atoms with Crippen molar-refractivity contribution in [3.8, 4) is 0 Å². The number of nitrogens with zero attached hydrogens (tertiary/aromatic N) is 1. The Hall–Kier alpha value is -0.440. The van der Waals surface area contributed by atoms with Crippen molar-refractivity contribution in [2.45, 2.75) is 24.5 Å². The van der Waals surface area contributed by atoms with Crippen LogP contribution in [0.3, 0.4) is 0 Å². The minimum atomic E-state index is -3.53. The number of hydrogen-bond donors (Lipinski definition) is 1. The Balaban J connectivity index is 2.54. The van der Waals surface area contributed by atoms with Crippen LogP contribution in [-0.4, -0.2) is 38.9 Å². The molecule has 1 aromatic heterocycles. The predicted octanol–water partition coefficient (Wildman–Crippen LogP) is 2.05. The van der Waals surface area contributed by atoms with Crippen molar-refractivity contribution >= 4 is 43.2 Å². The smallest absolute Gasteiger partial charge is 0.251 e. The van der Waals surface area contributed by atoms with E-state index in [-0.39, 0.29) is 23.1 Å². The van der Waals surface area contributed by atoms with Gasteiger partial charge in [0.15, 0.2) is 0 Å². The molecule has 108 valence electrons. The van der Waals surface area contributed by atoms with E-state index in [1.807, 2.05) is 13.8 Å². The zero-order valence-electron chi connectivity index (χ0n) is 10.8. The van der Waals surface area contributed by atoms with E-state index in [9.17, 15) is 13.2 Å². The molecule has 0 aliphatic rings. The number of thiophene rings is 1. The molecule has 0 bridgehead atoms. The predicted molar refractivity (Wildman–Crippen MR) is 79.8 cm³/mol. The van der Waals surface area contributed by atoms with Crippen molar-refractivity contribution in [2.75, 3.05) is 19.6 Å². The van der Waals surface area contributed by atoms with Gasteiger partial charge in [0, 0.05) is 30.5 Å². The Morgan fingerprint density at radius 1 is 1.42 bits per heavy atom. The maximum Gasteiger partial charge on any atom is 0.251 e. The Bertz CT molecular complexity index is 524. The van der Waals surface area contributed by atoms with Crippen molar-refractivity contribution < 1.29 is 13.2 Å². The third-order valence-electron chi connectivity index (χ3n) is 2.58. The number of hydrogen-bond acceptors (Lipinski definition) is 4. The van der Waals surface area contributed by atoms with Crippen molar-refractivity contribution in [3.05, 3.63) is 15.9 Å². The molecular weight excluding hydrogens is 352 g/mol. The fourth-order valence-electron chi connectivity index (χ4n) is 1.56. The minimum absolute atomic E-state index is 0.0436. The van der Waals surface area contributed by atoms with Crippen LogP contribution in [0.2, 0.25) is 0 Å². The van der Waals surface area contributed by atoms with Crippen LogP contribution < -0.4 is 4.72 Å². The highest BCUT2D eigenvalue weighted by Crippen LogP contribution is 2.27. The Labute approximate surface area is 126 Å². The highest BCUT2D eigenvalue weighted by molar-refractivity contribution is 9.10. The molecule has 0 radical (unpaired) electrons. The molecule has 0 saturated heterocycles. The van der Waals surface area contributed by atoms with Crippen molar-refractivity contribution in [2.24, 2.45) is 0 Å². The number of rotatable bonds is 7. The third-order valence-corrected chi connectivity index (χ3v) is 6.71. The van der Waals surface area contributed by atoms with E-state index in [0.29, 0.717) is 17.6 Å². The number of nitrogens with one attached hydrogen (secondary N) is 1. The lowest BCUT2D eigenvalue weighted by Gasteiger charge is -2.18. The molecule has 1 amide bonds. The molecule has 0 aromatic carbocycles. The lowest BCUT2D eigenvalue weighted by Crippen LogP contribution is -2.34. The summed E-state index contributed by atoms with van der Waals surface area (Å²) in [5, 5.41) is 1.69. The molecule has 0 atom stereocenters. The van der Waals surface area contributed by atoms with Crippen LogP contribution in [-0.2, 0) is 14.8 Å². The lowest BCUT2D eigenvalue weighted by atomic mass is 10.3. The summed E-state index contributed by atoms with van der Waals surface area (Å²) in [5.74, 6) is -0.0436. The van der Waals surface area contributed by atoms with E-state index in [0.717, 1.165) is 11.3 Å². The molecule has 0 aliphatic heterocycles. The van der Waals surface area contributed by atoms with Gasteiger partial charge in [-0.15, -0.1) is 11.3 Å². The summed E-state index contributed by atoms with van der Waals surface area (Å²) in [6, 6.07) is 1.68. The molecule has 5 nitrogen and oxygen atoms in total. The largest absolute Gasteiger partial charge is 0.343 e. The maximum atomic E-state index is 11.9. The standard InChI is InChI=1S/C11H17BrN2O3S2/c1-3-14(4-2)10(15)5-7-13-19(16,17)11-9(12)6-8-18-11/h6,8,13H,3-5,7H2,1-2H3. The van der Waals surface area contributed by atoms with Gasteiger partial charge in [0.05, 0.1) is 0 Å². The fourth-order valence-corrected chi connectivity index (χ4v) is 4.98. The lowest BCUT2D eigenvalue weighted by molar-refractivity contribution is -0.130. The topological polar surface area (TPSA) is 66.5 Å². The van der Waals surface area contributed by atoms with Gasteiger partial charge in [-0.25, -0.2) is 13.1 Å². The molecule has 0 fully saturated rings. The van der Waals surface area contributed by atoms with Gasteiger partial charge in [-0.1, -0.05) is 0 Å².